The van der Waals surface area contributed by atoms with Crippen LogP contribution >= 0.6 is 11.3 Å². The van der Waals surface area contributed by atoms with Gasteiger partial charge in [-0.25, -0.2) is 9.78 Å². The van der Waals surface area contributed by atoms with Crippen molar-refractivity contribution < 1.29 is 14.6 Å². The summed E-state index contributed by atoms with van der Waals surface area (Å²) in [5.41, 5.74) is 0.316. The molecule has 0 atom stereocenters. The molecular formula is C15H23NO3S. The second-order valence-corrected chi connectivity index (χ2v) is 6.80. The number of hydrogen-bond acceptors (Lipinski definition) is 4. The van der Waals surface area contributed by atoms with E-state index in [9.17, 15) is 9.90 Å². The summed E-state index contributed by atoms with van der Waals surface area (Å²) >= 11 is 1.30. The van der Waals surface area contributed by atoms with E-state index in [0.717, 1.165) is 30.7 Å². The van der Waals surface area contributed by atoms with Crippen molar-refractivity contribution in [3.05, 3.63) is 15.6 Å². The van der Waals surface area contributed by atoms with Gasteiger partial charge in [0.2, 0.25) is 0 Å². The van der Waals surface area contributed by atoms with Crippen molar-refractivity contribution in [1.82, 2.24) is 4.98 Å². The smallest absolute Gasteiger partial charge is 0.347 e. The molecule has 0 saturated heterocycles. The van der Waals surface area contributed by atoms with E-state index >= 15 is 0 Å². The fraction of sp³-hybridized carbons (Fsp3) is 0.733. The first-order valence-electron chi connectivity index (χ1n) is 7.30. The Balaban J connectivity index is 2.44. The standard InChI is InChI=1S/C15H23NO3S/c1-10(2)11-12(13(17)18)20-14(16-11)15(19-3)8-6-4-5-7-9-15/h10H,4-9H2,1-3H3,(H,17,18). The lowest BCUT2D eigenvalue weighted by Crippen LogP contribution is -2.27. The van der Waals surface area contributed by atoms with Crippen molar-refractivity contribution in [3.63, 3.8) is 0 Å². The van der Waals surface area contributed by atoms with Crippen LogP contribution in [0.4, 0.5) is 0 Å². The van der Waals surface area contributed by atoms with Crippen molar-refractivity contribution >= 4 is 17.3 Å². The third-order valence-corrected chi connectivity index (χ3v) is 5.33. The van der Waals surface area contributed by atoms with Crippen LogP contribution in [0.1, 0.15) is 78.7 Å². The van der Waals surface area contributed by atoms with Crippen LogP contribution in [0, 0.1) is 0 Å². The lowest BCUT2D eigenvalue weighted by Gasteiger charge is -2.29. The van der Waals surface area contributed by atoms with E-state index in [1.807, 2.05) is 13.8 Å². The monoisotopic (exact) mass is 297 g/mol. The molecule has 2 rings (SSSR count). The lowest BCUT2D eigenvalue weighted by molar-refractivity contribution is -0.0280. The molecule has 4 nitrogen and oxygen atoms in total. The number of carboxylic acids is 1. The van der Waals surface area contributed by atoms with E-state index in [-0.39, 0.29) is 11.5 Å². The molecule has 0 radical (unpaired) electrons. The van der Waals surface area contributed by atoms with Gasteiger partial charge in [0.05, 0.1) is 5.69 Å². The van der Waals surface area contributed by atoms with Gasteiger partial charge >= 0.3 is 5.97 Å². The van der Waals surface area contributed by atoms with E-state index in [1.54, 1.807) is 7.11 Å². The molecule has 1 aliphatic carbocycles. The molecule has 1 saturated carbocycles. The first kappa shape index (κ1) is 15.4. The minimum Gasteiger partial charge on any atom is -0.477 e. The second-order valence-electron chi connectivity index (χ2n) is 5.81. The van der Waals surface area contributed by atoms with Crippen LogP contribution in [-0.2, 0) is 10.3 Å². The summed E-state index contributed by atoms with van der Waals surface area (Å²) in [4.78, 5) is 16.4. The van der Waals surface area contributed by atoms with Gasteiger partial charge in [-0.2, -0.15) is 0 Å². The molecule has 0 spiro atoms. The first-order chi connectivity index (χ1) is 9.50. The number of methoxy groups -OCH3 is 1. The molecule has 1 aliphatic rings. The Hall–Kier alpha value is -0.940. The van der Waals surface area contributed by atoms with Crippen molar-refractivity contribution in [3.8, 4) is 0 Å². The van der Waals surface area contributed by atoms with Crippen LogP contribution < -0.4 is 0 Å². The summed E-state index contributed by atoms with van der Waals surface area (Å²) in [7, 11) is 1.72. The maximum Gasteiger partial charge on any atom is 0.347 e. The predicted molar refractivity (Wildman–Crippen MR) is 79.6 cm³/mol. The zero-order valence-electron chi connectivity index (χ0n) is 12.4. The summed E-state index contributed by atoms with van der Waals surface area (Å²) in [5.74, 6) is -0.761. The number of carboxylic acid groups (broad SMARTS) is 1. The van der Waals surface area contributed by atoms with Gasteiger partial charge in [0, 0.05) is 7.11 Å². The van der Waals surface area contributed by atoms with E-state index < -0.39 is 5.97 Å². The third kappa shape index (κ3) is 2.88. The van der Waals surface area contributed by atoms with Gasteiger partial charge in [0.15, 0.2) is 0 Å². The van der Waals surface area contributed by atoms with Crippen molar-refractivity contribution in [2.45, 2.75) is 63.9 Å². The second kappa shape index (κ2) is 6.22. The largest absolute Gasteiger partial charge is 0.477 e. The normalized spacial score (nSPS) is 19.0. The van der Waals surface area contributed by atoms with Crippen molar-refractivity contribution in [1.29, 1.82) is 0 Å². The van der Waals surface area contributed by atoms with E-state index in [2.05, 4.69) is 4.98 Å². The van der Waals surface area contributed by atoms with Crippen LogP contribution in [0.2, 0.25) is 0 Å². The Morgan fingerprint density at radius 2 is 1.90 bits per heavy atom. The molecular weight excluding hydrogens is 274 g/mol. The summed E-state index contributed by atoms with van der Waals surface area (Å²) in [6, 6.07) is 0. The molecule has 1 fully saturated rings. The maximum atomic E-state index is 11.4. The number of rotatable bonds is 4. The fourth-order valence-corrected chi connectivity index (χ4v) is 4.16. The minimum atomic E-state index is -0.877. The first-order valence-corrected chi connectivity index (χ1v) is 8.11. The highest BCUT2D eigenvalue weighted by atomic mass is 32.1. The van der Waals surface area contributed by atoms with Crippen molar-refractivity contribution in [2.24, 2.45) is 0 Å². The van der Waals surface area contributed by atoms with E-state index in [0.29, 0.717) is 10.6 Å². The highest BCUT2D eigenvalue weighted by Crippen LogP contribution is 2.42. The fourth-order valence-electron chi connectivity index (χ4n) is 2.88. The van der Waals surface area contributed by atoms with Crippen LogP contribution in [0.3, 0.4) is 0 Å². The summed E-state index contributed by atoms with van der Waals surface area (Å²) in [6.07, 6.45) is 6.56. The molecule has 1 aromatic rings. The van der Waals surface area contributed by atoms with Crippen LogP contribution in [0.15, 0.2) is 0 Å². The average Bonchev–Trinajstić information content (AvgIpc) is 2.73. The van der Waals surface area contributed by atoms with E-state index in [4.69, 9.17) is 4.74 Å². The third-order valence-electron chi connectivity index (χ3n) is 4.09. The molecule has 1 heterocycles. The number of ether oxygens (including phenoxy) is 1. The molecule has 0 amide bonds. The van der Waals surface area contributed by atoms with Crippen LogP contribution in [0.5, 0.6) is 0 Å². The van der Waals surface area contributed by atoms with Crippen molar-refractivity contribution in [2.75, 3.05) is 7.11 Å². The van der Waals surface area contributed by atoms with Gasteiger partial charge in [0.25, 0.3) is 0 Å². The number of aromatic nitrogens is 1. The summed E-state index contributed by atoms with van der Waals surface area (Å²) in [5, 5.41) is 10.2. The number of aromatic carboxylic acids is 1. The highest BCUT2D eigenvalue weighted by Gasteiger charge is 2.37. The number of nitrogens with zero attached hydrogens (tertiary/aromatic N) is 1. The molecule has 0 bridgehead atoms. The highest BCUT2D eigenvalue weighted by molar-refractivity contribution is 7.13. The van der Waals surface area contributed by atoms with Gasteiger partial charge in [0.1, 0.15) is 15.5 Å². The lowest BCUT2D eigenvalue weighted by atomic mass is 9.95. The Morgan fingerprint density at radius 1 is 1.30 bits per heavy atom. The Bertz CT molecular complexity index is 473. The molecule has 1 N–H and O–H groups in total. The quantitative estimate of drug-likeness (QED) is 0.848. The number of thiazole rings is 1. The van der Waals surface area contributed by atoms with E-state index in [1.165, 1.54) is 24.2 Å². The Morgan fingerprint density at radius 3 is 2.30 bits per heavy atom. The summed E-state index contributed by atoms with van der Waals surface area (Å²) < 4.78 is 5.83. The molecule has 5 heteroatoms. The molecule has 112 valence electrons. The molecule has 20 heavy (non-hydrogen) atoms. The maximum absolute atomic E-state index is 11.4. The molecule has 0 aliphatic heterocycles. The topological polar surface area (TPSA) is 59.4 Å². The minimum absolute atomic E-state index is 0.116. The SMILES string of the molecule is COC1(c2nc(C(C)C)c(C(=O)O)s2)CCCCCC1. The zero-order valence-corrected chi connectivity index (χ0v) is 13.3. The Labute approximate surface area is 124 Å². The average molecular weight is 297 g/mol. The van der Waals surface area contributed by atoms with Crippen LogP contribution in [0.25, 0.3) is 0 Å². The van der Waals surface area contributed by atoms with Gasteiger partial charge in [-0.15, -0.1) is 11.3 Å². The van der Waals surface area contributed by atoms with Gasteiger partial charge < -0.3 is 9.84 Å². The van der Waals surface area contributed by atoms with Gasteiger partial charge in [-0.1, -0.05) is 39.5 Å². The number of carbonyl (C=O) groups is 1. The predicted octanol–water partition coefficient (Wildman–Crippen LogP) is 4.16. The number of hydrogen-bond donors (Lipinski definition) is 1. The molecule has 1 aromatic heterocycles. The zero-order chi connectivity index (χ0) is 14.8. The summed E-state index contributed by atoms with van der Waals surface area (Å²) in [6.45, 7) is 3.97. The molecule has 0 unspecified atom stereocenters. The van der Waals surface area contributed by atoms with Gasteiger partial charge in [-0.05, 0) is 18.8 Å². The Kier molecular flexibility index (Phi) is 4.81. The van der Waals surface area contributed by atoms with Gasteiger partial charge in [-0.3, -0.25) is 0 Å². The molecule has 0 aromatic carbocycles. The van der Waals surface area contributed by atoms with Crippen LogP contribution in [-0.4, -0.2) is 23.2 Å².